The minimum atomic E-state index is -0.418. The van der Waals surface area contributed by atoms with Crippen molar-refractivity contribution in [2.45, 2.75) is 38.3 Å². The van der Waals surface area contributed by atoms with Gasteiger partial charge in [0.25, 0.3) is 5.91 Å². The predicted molar refractivity (Wildman–Crippen MR) is 159 cm³/mol. The Hall–Kier alpha value is -3.68. The molecular formula is C33H40N4O3. The topological polar surface area (TPSA) is 65.1 Å². The molecule has 40 heavy (non-hydrogen) atoms. The largest absolute Gasteiger partial charge is 0.446 e. The van der Waals surface area contributed by atoms with Crippen molar-refractivity contribution in [3.63, 3.8) is 0 Å². The van der Waals surface area contributed by atoms with Gasteiger partial charge in [0.1, 0.15) is 6.10 Å². The van der Waals surface area contributed by atoms with E-state index in [0.717, 1.165) is 61.4 Å². The number of para-hydroxylation sites is 1. The van der Waals surface area contributed by atoms with E-state index < -0.39 is 6.09 Å². The summed E-state index contributed by atoms with van der Waals surface area (Å²) < 4.78 is 5.76. The first-order valence-corrected chi connectivity index (χ1v) is 14.5. The number of likely N-dealkylation sites (tertiary alicyclic amines) is 2. The Labute approximate surface area is 237 Å². The van der Waals surface area contributed by atoms with Crippen LogP contribution in [0.3, 0.4) is 0 Å². The van der Waals surface area contributed by atoms with Crippen molar-refractivity contribution in [1.82, 2.24) is 14.7 Å². The van der Waals surface area contributed by atoms with Gasteiger partial charge in [0, 0.05) is 50.9 Å². The fourth-order valence-electron chi connectivity index (χ4n) is 5.57. The average molecular weight is 541 g/mol. The number of rotatable bonds is 9. The second-order valence-corrected chi connectivity index (χ2v) is 10.9. The molecular weight excluding hydrogens is 500 g/mol. The molecule has 2 heterocycles. The highest BCUT2D eigenvalue weighted by molar-refractivity contribution is 5.94. The van der Waals surface area contributed by atoms with Gasteiger partial charge in [-0.3, -0.25) is 15.0 Å². The Kier molecular flexibility index (Phi) is 9.47. The number of ether oxygens (including phenoxy) is 1. The lowest BCUT2D eigenvalue weighted by Crippen LogP contribution is -2.42. The maximum absolute atomic E-state index is 12.9. The molecule has 2 aliphatic rings. The second-order valence-electron chi connectivity index (χ2n) is 10.9. The summed E-state index contributed by atoms with van der Waals surface area (Å²) in [5.74, 6) is 0.0541. The standard InChI is InChI=1S/C33H40N4O3/c1-35(32(38)28-15-13-26(14-16-28)25-37-19-7-8-20-37)23-24-36-21-17-29(18-22-36)40-33(39)34-31-12-6-5-11-30(31)27-9-3-2-4-10-27/h2-6,9-16,29H,7-8,17-25H2,1H3,(H,34,39). The molecule has 2 saturated heterocycles. The van der Waals surface area contributed by atoms with E-state index in [1.807, 2.05) is 73.8 Å². The Balaban J connectivity index is 1.03. The number of hydrogen-bond acceptors (Lipinski definition) is 5. The molecule has 0 atom stereocenters. The fraction of sp³-hybridized carbons (Fsp3) is 0.394. The third-order valence-electron chi connectivity index (χ3n) is 7.96. The lowest BCUT2D eigenvalue weighted by Gasteiger charge is -2.32. The first-order valence-electron chi connectivity index (χ1n) is 14.5. The van der Waals surface area contributed by atoms with Gasteiger partial charge >= 0.3 is 6.09 Å². The Bertz CT molecular complexity index is 1250. The SMILES string of the molecule is CN(CCN1CCC(OC(=O)Nc2ccccc2-c2ccccc2)CC1)C(=O)c1ccc(CN2CCCC2)cc1. The zero-order valence-corrected chi connectivity index (χ0v) is 23.4. The molecule has 2 aliphatic heterocycles. The van der Waals surface area contributed by atoms with E-state index in [-0.39, 0.29) is 12.0 Å². The van der Waals surface area contributed by atoms with Crippen LogP contribution in [0.4, 0.5) is 10.5 Å². The summed E-state index contributed by atoms with van der Waals surface area (Å²) in [6, 6.07) is 25.8. The van der Waals surface area contributed by atoms with Gasteiger partial charge in [-0.2, -0.15) is 0 Å². The smallest absolute Gasteiger partial charge is 0.411 e. The highest BCUT2D eigenvalue weighted by Crippen LogP contribution is 2.28. The van der Waals surface area contributed by atoms with Gasteiger partial charge in [0.15, 0.2) is 0 Å². The Morgan fingerprint density at radius 3 is 2.25 bits per heavy atom. The second kappa shape index (κ2) is 13.6. The highest BCUT2D eigenvalue weighted by atomic mass is 16.6. The first kappa shape index (κ1) is 27.9. The summed E-state index contributed by atoms with van der Waals surface area (Å²) >= 11 is 0. The third kappa shape index (κ3) is 7.49. The summed E-state index contributed by atoms with van der Waals surface area (Å²) in [5, 5.41) is 2.94. The quantitative estimate of drug-likeness (QED) is 0.375. The molecule has 3 aromatic carbocycles. The van der Waals surface area contributed by atoms with Crippen molar-refractivity contribution in [3.05, 3.63) is 90.0 Å². The first-order chi connectivity index (χ1) is 19.5. The highest BCUT2D eigenvalue weighted by Gasteiger charge is 2.23. The van der Waals surface area contributed by atoms with Crippen molar-refractivity contribution in [3.8, 4) is 11.1 Å². The maximum Gasteiger partial charge on any atom is 0.411 e. The van der Waals surface area contributed by atoms with Crippen LogP contribution < -0.4 is 5.32 Å². The van der Waals surface area contributed by atoms with Crippen LogP contribution in [-0.2, 0) is 11.3 Å². The number of anilines is 1. The summed E-state index contributed by atoms with van der Waals surface area (Å²) in [6.07, 6.45) is 3.60. The molecule has 0 aliphatic carbocycles. The van der Waals surface area contributed by atoms with Gasteiger partial charge in [-0.1, -0.05) is 60.7 Å². The minimum Gasteiger partial charge on any atom is -0.446 e. The molecule has 5 rings (SSSR count). The van der Waals surface area contributed by atoms with Crippen LogP contribution in [0.25, 0.3) is 11.1 Å². The van der Waals surface area contributed by atoms with E-state index >= 15 is 0 Å². The van der Waals surface area contributed by atoms with Crippen LogP contribution in [0.2, 0.25) is 0 Å². The van der Waals surface area contributed by atoms with Crippen LogP contribution in [0.1, 0.15) is 41.6 Å². The van der Waals surface area contributed by atoms with E-state index in [4.69, 9.17) is 4.74 Å². The van der Waals surface area contributed by atoms with Crippen LogP contribution >= 0.6 is 0 Å². The molecule has 2 fully saturated rings. The summed E-state index contributed by atoms with van der Waals surface area (Å²) in [7, 11) is 1.87. The number of benzene rings is 3. The van der Waals surface area contributed by atoms with E-state index in [1.54, 1.807) is 4.90 Å². The van der Waals surface area contributed by atoms with E-state index in [0.29, 0.717) is 6.54 Å². The average Bonchev–Trinajstić information content (AvgIpc) is 3.50. The maximum atomic E-state index is 12.9. The Morgan fingerprint density at radius 1 is 0.850 bits per heavy atom. The zero-order valence-electron chi connectivity index (χ0n) is 23.4. The van der Waals surface area contributed by atoms with Gasteiger partial charge in [-0.25, -0.2) is 4.79 Å². The van der Waals surface area contributed by atoms with E-state index in [9.17, 15) is 9.59 Å². The van der Waals surface area contributed by atoms with Gasteiger partial charge < -0.3 is 14.5 Å². The van der Waals surface area contributed by atoms with Crippen LogP contribution in [0.5, 0.6) is 0 Å². The zero-order chi connectivity index (χ0) is 27.7. The molecule has 3 aromatic rings. The summed E-state index contributed by atoms with van der Waals surface area (Å²) in [5.41, 5.74) is 4.75. The third-order valence-corrected chi connectivity index (χ3v) is 7.96. The molecule has 7 nitrogen and oxygen atoms in total. The lowest BCUT2D eigenvalue weighted by molar-refractivity contribution is 0.0540. The van der Waals surface area contributed by atoms with Gasteiger partial charge in [0.05, 0.1) is 5.69 Å². The number of nitrogens with one attached hydrogen (secondary N) is 1. The monoisotopic (exact) mass is 540 g/mol. The molecule has 210 valence electrons. The van der Waals surface area contributed by atoms with Crippen LogP contribution in [0.15, 0.2) is 78.9 Å². The molecule has 0 unspecified atom stereocenters. The molecule has 0 radical (unpaired) electrons. The predicted octanol–water partition coefficient (Wildman–Crippen LogP) is 5.73. The van der Waals surface area contributed by atoms with Crippen molar-refractivity contribution in [1.29, 1.82) is 0 Å². The fourth-order valence-corrected chi connectivity index (χ4v) is 5.57. The number of nitrogens with zero attached hydrogens (tertiary/aromatic N) is 3. The Morgan fingerprint density at radius 2 is 1.52 bits per heavy atom. The van der Waals surface area contributed by atoms with Crippen LogP contribution in [0, 0.1) is 0 Å². The van der Waals surface area contributed by atoms with E-state index in [1.165, 1.54) is 31.5 Å². The van der Waals surface area contributed by atoms with Crippen LogP contribution in [-0.4, -0.2) is 79.1 Å². The van der Waals surface area contributed by atoms with Gasteiger partial charge in [-0.15, -0.1) is 0 Å². The van der Waals surface area contributed by atoms with Gasteiger partial charge in [0.2, 0.25) is 0 Å². The summed E-state index contributed by atoms with van der Waals surface area (Å²) in [6.45, 7) is 6.45. The number of carbonyl (C=O) groups excluding carboxylic acids is 2. The molecule has 1 N–H and O–H groups in total. The van der Waals surface area contributed by atoms with Crippen molar-refractivity contribution < 1.29 is 14.3 Å². The number of piperidine rings is 1. The molecule has 0 bridgehead atoms. The van der Waals surface area contributed by atoms with Crippen molar-refractivity contribution in [2.24, 2.45) is 0 Å². The molecule has 2 amide bonds. The number of carbonyl (C=O) groups is 2. The molecule has 0 spiro atoms. The van der Waals surface area contributed by atoms with E-state index in [2.05, 4.69) is 27.2 Å². The normalized spacial score (nSPS) is 16.5. The van der Waals surface area contributed by atoms with Crippen molar-refractivity contribution in [2.75, 3.05) is 51.6 Å². The number of hydrogen-bond donors (Lipinski definition) is 1. The number of amides is 2. The minimum absolute atomic E-state index is 0.0541. The number of likely N-dealkylation sites (N-methyl/N-ethyl adjacent to an activating group) is 1. The van der Waals surface area contributed by atoms with Gasteiger partial charge in [-0.05, 0) is 68.1 Å². The van der Waals surface area contributed by atoms with Crippen molar-refractivity contribution >= 4 is 17.7 Å². The lowest BCUT2D eigenvalue weighted by atomic mass is 10.0. The molecule has 0 aromatic heterocycles. The molecule has 7 heteroatoms. The summed E-state index contributed by atoms with van der Waals surface area (Å²) in [4.78, 5) is 32.2. The molecule has 0 saturated carbocycles.